The number of halogens is 1. The summed E-state index contributed by atoms with van der Waals surface area (Å²) < 4.78 is 6.48. The molecule has 1 saturated heterocycles. The molecule has 0 amide bonds. The number of ether oxygens (including phenoxy) is 1. The molecule has 2 rings (SSSR count). The highest BCUT2D eigenvalue weighted by Gasteiger charge is 2.28. The van der Waals surface area contributed by atoms with Crippen molar-refractivity contribution < 1.29 is 4.74 Å². The average molecular weight is 296 g/mol. The molecule has 2 atom stereocenters. The normalized spacial score (nSPS) is 29.5. The lowest BCUT2D eigenvalue weighted by Crippen LogP contribution is -2.08. The molecule has 0 aromatic carbocycles. The largest absolute Gasteiger partial charge is 0.378 e. The zero-order valence-corrected chi connectivity index (χ0v) is 9.63. The Hall–Kier alpha value is 0.250. The molecule has 1 aliphatic heterocycles. The lowest BCUT2D eigenvalue weighted by Gasteiger charge is -2.08. The van der Waals surface area contributed by atoms with E-state index in [1.165, 1.54) is 0 Å². The smallest absolute Gasteiger partial charge is 0.178 e. The van der Waals surface area contributed by atoms with Gasteiger partial charge in [-0.3, -0.25) is 0 Å². The molecule has 2 heterocycles. The first kappa shape index (κ1) is 8.83. The number of aromatic nitrogens is 2. The zero-order chi connectivity index (χ0) is 8.55. The minimum absolute atomic E-state index is 0.314. The minimum Gasteiger partial charge on any atom is -0.378 e. The molecule has 12 heavy (non-hydrogen) atoms. The third kappa shape index (κ3) is 1.62. The van der Waals surface area contributed by atoms with E-state index in [1.54, 1.807) is 11.3 Å². The fourth-order valence-corrected chi connectivity index (χ4v) is 3.00. The van der Waals surface area contributed by atoms with E-state index in [0.717, 1.165) is 21.0 Å². The molecule has 3 nitrogen and oxygen atoms in total. The Kier molecular flexibility index (Phi) is 2.61. The van der Waals surface area contributed by atoms with Crippen molar-refractivity contribution in [2.24, 2.45) is 0 Å². The number of hydrogen-bond acceptors (Lipinski definition) is 4. The Labute approximate surface area is 88.7 Å². The summed E-state index contributed by atoms with van der Waals surface area (Å²) in [6.07, 6.45) is 1.40. The van der Waals surface area contributed by atoms with Gasteiger partial charge in [0, 0.05) is 12.5 Å². The van der Waals surface area contributed by atoms with Gasteiger partial charge in [0.1, 0.15) is 5.01 Å². The predicted molar refractivity (Wildman–Crippen MR) is 55.4 cm³/mol. The van der Waals surface area contributed by atoms with Gasteiger partial charge in [0.15, 0.2) is 3.01 Å². The van der Waals surface area contributed by atoms with Crippen molar-refractivity contribution in [3.8, 4) is 0 Å². The molecule has 5 heteroatoms. The summed E-state index contributed by atoms with van der Waals surface area (Å²) in [5.74, 6) is 0.478. The predicted octanol–water partition coefficient (Wildman–Crippen LogP) is 2.04. The Bertz CT molecular complexity index is 278. The monoisotopic (exact) mass is 296 g/mol. The van der Waals surface area contributed by atoms with Crippen molar-refractivity contribution in [1.29, 1.82) is 0 Å². The van der Waals surface area contributed by atoms with Crippen molar-refractivity contribution in [2.75, 3.05) is 6.61 Å². The highest BCUT2D eigenvalue weighted by Crippen LogP contribution is 2.32. The molecular formula is C7H9IN2OS. The molecule has 1 fully saturated rings. The van der Waals surface area contributed by atoms with E-state index in [1.807, 2.05) is 0 Å². The van der Waals surface area contributed by atoms with Crippen LogP contribution in [0.4, 0.5) is 0 Å². The van der Waals surface area contributed by atoms with Crippen LogP contribution < -0.4 is 0 Å². The van der Waals surface area contributed by atoms with Gasteiger partial charge in [-0.2, -0.15) is 0 Å². The van der Waals surface area contributed by atoms with Crippen molar-refractivity contribution >= 4 is 33.9 Å². The molecule has 0 spiro atoms. The molecule has 0 aliphatic carbocycles. The summed E-state index contributed by atoms with van der Waals surface area (Å²) in [7, 11) is 0. The quantitative estimate of drug-likeness (QED) is 0.744. The molecule has 0 radical (unpaired) electrons. The molecular weight excluding hydrogens is 287 g/mol. The van der Waals surface area contributed by atoms with E-state index >= 15 is 0 Å². The Morgan fingerprint density at radius 2 is 2.42 bits per heavy atom. The van der Waals surface area contributed by atoms with Crippen LogP contribution >= 0.6 is 33.9 Å². The molecule has 1 aliphatic rings. The van der Waals surface area contributed by atoms with Crippen LogP contribution in [0.3, 0.4) is 0 Å². The van der Waals surface area contributed by atoms with Gasteiger partial charge in [-0.15, -0.1) is 10.2 Å². The summed E-state index contributed by atoms with van der Waals surface area (Å²) >= 11 is 3.87. The van der Waals surface area contributed by atoms with Gasteiger partial charge in [-0.05, 0) is 35.9 Å². The van der Waals surface area contributed by atoms with E-state index in [-0.39, 0.29) is 0 Å². The Morgan fingerprint density at radius 1 is 1.58 bits per heavy atom. The van der Waals surface area contributed by atoms with Crippen molar-refractivity contribution in [3.63, 3.8) is 0 Å². The third-order valence-corrected chi connectivity index (χ3v) is 3.83. The second-order valence-corrected chi connectivity index (χ2v) is 5.63. The average Bonchev–Trinajstić information content (AvgIpc) is 2.58. The van der Waals surface area contributed by atoms with E-state index in [9.17, 15) is 0 Å². The third-order valence-electron chi connectivity index (χ3n) is 2.11. The van der Waals surface area contributed by atoms with Gasteiger partial charge in [0.2, 0.25) is 0 Å². The fourth-order valence-electron chi connectivity index (χ4n) is 1.42. The van der Waals surface area contributed by atoms with Gasteiger partial charge in [0.05, 0.1) is 6.10 Å². The van der Waals surface area contributed by atoms with Crippen molar-refractivity contribution in [3.05, 3.63) is 8.02 Å². The zero-order valence-electron chi connectivity index (χ0n) is 6.66. The van der Waals surface area contributed by atoms with E-state index in [4.69, 9.17) is 4.74 Å². The maximum atomic E-state index is 5.47. The van der Waals surface area contributed by atoms with Crippen LogP contribution in [0.2, 0.25) is 0 Å². The van der Waals surface area contributed by atoms with Gasteiger partial charge in [-0.1, -0.05) is 11.3 Å². The highest BCUT2D eigenvalue weighted by atomic mass is 127. The molecule has 1 aromatic rings. The molecule has 0 bridgehead atoms. The van der Waals surface area contributed by atoms with Gasteiger partial charge in [-0.25, -0.2) is 0 Å². The van der Waals surface area contributed by atoms with E-state index in [2.05, 4.69) is 39.7 Å². The Morgan fingerprint density at radius 3 is 2.92 bits per heavy atom. The van der Waals surface area contributed by atoms with Crippen LogP contribution in [0.5, 0.6) is 0 Å². The molecule has 0 N–H and O–H groups in total. The van der Waals surface area contributed by atoms with Crippen LogP contribution in [0.25, 0.3) is 0 Å². The number of rotatable bonds is 1. The van der Waals surface area contributed by atoms with Gasteiger partial charge < -0.3 is 4.74 Å². The fraction of sp³-hybridized carbons (Fsp3) is 0.714. The molecule has 66 valence electrons. The maximum Gasteiger partial charge on any atom is 0.178 e. The molecule has 2 unspecified atom stereocenters. The summed E-state index contributed by atoms with van der Waals surface area (Å²) in [6, 6.07) is 0. The summed E-state index contributed by atoms with van der Waals surface area (Å²) in [4.78, 5) is 0. The van der Waals surface area contributed by atoms with Crippen LogP contribution in [0, 0.1) is 3.01 Å². The van der Waals surface area contributed by atoms with E-state index in [0.29, 0.717) is 12.0 Å². The topological polar surface area (TPSA) is 35.0 Å². The van der Waals surface area contributed by atoms with Gasteiger partial charge >= 0.3 is 0 Å². The summed E-state index contributed by atoms with van der Waals surface area (Å²) in [6.45, 7) is 2.97. The minimum atomic E-state index is 0.314. The summed E-state index contributed by atoms with van der Waals surface area (Å²) in [5.41, 5.74) is 0. The first-order valence-corrected chi connectivity index (χ1v) is 5.77. The Balaban J connectivity index is 2.19. The maximum absolute atomic E-state index is 5.47. The second kappa shape index (κ2) is 3.55. The summed E-state index contributed by atoms with van der Waals surface area (Å²) in [5, 5.41) is 9.25. The first-order valence-electron chi connectivity index (χ1n) is 3.88. The lowest BCUT2D eigenvalue weighted by molar-refractivity contribution is 0.118. The van der Waals surface area contributed by atoms with Crippen molar-refractivity contribution in [1.82, 2.24) is 10.2 Å². The molecule has 0 saturated carbocycles. The lowest BCUT2D eigenvalue weighted by atomic mass is 10.0. The second-order valence-electron chi connectivity index (χ2n) is 2.86. The van der Waals surface area contributed by atoms with Crippen molar-refractivity contribution in [2.45, 2.75) is 25.4 Å². The standard InChI is InChI=1S/C7H9IN2OS/c1-4-5(2-3-11-4)6-9-10-7(8)12-6/h4-5H,2-3H2,1H3. The highest BCUT2D eigenvalue weighted by molar-refractivity contribution is 14.1. The van der Waals surface area contributed by atoms with Gasteiger partial charge in [0.25, 0.3) is 0 Å². The first-order chi connectivity index (χ1) is 5.77. The number of hydrogen-bond donors (Lipinski definition) is 0. The van der Waals surface area contributed by atoms with Crippen LogP contribution in [-0.2, 0) is 4.74 Å². The molecule has 1 aromatic heterocycles. The van der Waals surface area contributed by atoms with E-state index < -0.39 is 0 Å². The van der Waals surface area contributed by atoms with Crippen LogP contribution in [0.1, 0.15) is 24.3 Å². The van der Waals surface area contributed by atoms with Crippen LogP contribution in [0.15, 0.2) is 0 Å². The number of nitrogens with zero attached hydrogens (tertiary/aromatic N) is 2. The van der Waals surface area contributed by atoms with Crippen LogP contribution in [-0.4, -0.2) is 22.9 Å². The SMILES string of the molecule is CC1OCCC1c1nnc(I)s1.